The fraction of sp³-hybridized carbons (Fsp3) is 1.00. The predicted octanol–water partition coefficient (Wildman–Crippen LogP) is 12.2. The van der Waals surface area contributed by atoms with Crippen molar-refractivity contribution in [3.05, 3.63) is 0 Å². The van der Waals surface area contributed by atoms with Crippen LogP contribution in [0.4, 0.5) is 0 Å². The van der Waals surface area contributed by atoms with Crippen LogP contribution in [-0.2, 0) is 17.7 Å². The van der Waals surface area contributed by atoms with Gasteiger partial charge < -0.3 is 17.7 Å². The van der Waals surface area contributed by atoms with E-state index in [4.69, 9.17) is 17.7 Å². The van der Waals surface area contributed by atoms with Gasteiger partial charge in [0, 0.05) is 21.9 Å². The van der Waals surface area contributed by atoms with E-state index in [-0.39, 0.29) is 27.0 Å². The van der Waals surface area contributed by atoms with Gasteiger partial charge >= 0.3 is 0 Å². The molecule has 0 bridgehead atoms. The Morgan fingerprint density at radius 3 is 1.40 bits per heavy atom. The van der Waals surface area contributed by atoms with Crippen molar-refractivity contribution in [1.82, 2.24) is 0 Å². The Labute approximate surface area is 277 Å². The monoisotopic (exact) mass is 692 g/mol. The van der Waals surface area contributed by atoms with Crippen LogP contribution in [0.25, 0.3) is 0 Å². The predicted molar refractivity (Wildman–Crippen MR) is 206 cm³/mol. The highest BCUT2D eigenvalue weighted by Crippen LogP contribution is 2.59. The molecular weight excluding hydrogens is 613 g/mol. The first-order valence-electron chi connectivity index (χ1n) is 17.7. The molecule has 0 aromatic rings. The third-order valence-corrected chi connectivity index (χ3v) is 30.6. The zero-order valence-electron chi connectivity index (χ0n) is 33.5. The van der Waals surface area contributed by atoms with Gasteiger partial charge in [-0.3, -0.25) is 0 Å². The summed E-state index contributed by atoms with van der Waals surface area (Å²) in [5.41, 5.74) is 0.0213. The minimum atomic E-state index is -2.38. The maximum atomic E-state index is 7.72. The largest absolute Gasteiger partial charge is 0.417 e. The molecular formula is C34H80O4Si5. The normalized spacial score (nSPS) is 22.5. The highest BCUT2D eigenvalue weighted by Gasteiger charge is 2.62. The van der Waals surface area contributed by atoms with Gasteiger partial charge in [-0.1, -0.05) is 74.5 Å². The van der Waals surface area contributed by atoms with Crippen LogP contribution in [0.1, 0.15) is 108 Å². The molecule has 0 saturated carbocycles. The minimum Gasteiger partial charge on any atom is -0.417 e. The van der Waals surface area contributed by atoms with Crippen molar-refractivity contribution in [3.8, 4) is 0 Å². The smallest absolute Gasteiger partial charge is 0.217 e. The lowest BCUT2D eigenvalue weighted by molar-refractivity contribution is -0.0120. The summed E-state index contributed by atoms with van der Waals surface area (Å²) in [6, 6.07) is 1.13. The van der Waals surface area contributed by atoms with E-state index >= 15 is 0 Å². The Morgan fingerprint density at radius 2 is 1.07 bits per heavy atom. The average molecular weight is 693 g/mol. The van der Waals surface area contributed by atoms with Crippen molar-refractivity contribution in [1.29, 1.82) is 0 Å². The molecule has 0 aromatic heterocycles. The first-order chi connectivity index (χ1) is 19.0. The molecule has 0 N–H and O–H groups in total. The zero-order chi connectivity index (χ0) is 34.7. The Balaban J connectivity index is 6.92. The molecule has 43 heavy (non-hydrogen) atoms. The Bertz CT molecular complexity index is 872. The van der Waals surface area contributed by atoms with Gasteiger partial charge in [0.25, 0.3) is 0 Å². The summed E-state index contributed by atoms with van der Waals surface area (Å²) < 4.78 is 29.5. The summed E-state index contributed by atoms with van der Waals surface area (Å²) in [5.74, 6) is 0. The zero-order valence-corrected chi connectivity index (χ0v) is 38.5. The molecule has 0 aromatic carbocycles. The number of hydrogen-bond donors (Lipinski definition) is 0. The fourth-order valence-corrected chi connectivity index (χ4v) is 23.8. The third-order valence-electron chi connectivity index (χ3n) is 12.5. The summed E-state index contributed by atoms with van der Waals surface area (Å²) in [7, 11) is -10.0. The fourth-order valence-electron chi connectivity index (χ4n) is 7.27. The van der Waals surface area contributed by atoms with E-state index in [0.29, 0.717) is 5.73 Å². The molecule has 0 aliphatic heterocycles. The van der Waals surface area contributed by atoms with E-state index in [1.165, 1.54) is 0 Å². The SMILES string of the molecule is CCC[Si](C)(OC(C)[C@@](C)(CC)[Si](C)(C)OC(C)[Si](C)(C)C)[C@](C)(CC)C(C)(CC)O[Si](C)(C)C(C)(CC)O[Si](C)(C)C. The van der Waals surface area contributed by atoms with E-state index in [1.54, 1.807) is 0 Å². The summed E-state index contributed by atoms with van der Waals surface area (Å²) in [5, 5.41) is -0.314. The average Bonchev–Trinajstić information content (AvgIpc) is 2.84. The van der Waals surface area contributed by atoms with Crippen molar-refractivity contribution >= 4 is 41.3 Å². The molecule has 0 spiro atoms. The van der Waals surface area contributed by atoms with Gasteiger partial charge in [0.2, 0.25) is 8.32 Å². The molecule has 9 heteroatoms. The molecule has 7 atom stereocenters. The molecule has 4 nitrogen and oxygen atoms in total. The summed E-state index contributed by atoms with van der Waals surface area (Å²) in [6.45, 7) is 52.6. The molecule has 0 heterocycles. The second-order valence-electron chi connectivity index (χ2n) is 17.8. The summed E-state index contributed by atoms with van der Waals surface area (Å²) >= 11 is 0. The van der Waals surface area contributed by atoms with E-state index in [1.807, 2.05) is 0 Å². The van der Waals surface area contributed by atoms with Crippen LogP contribution < -0.4 is 0 Å². The van der Waals surface area contributed by atoms with Gasteiger partial charge in [0.1, 0.15) is 0 Å². The first kappa shape index (κ1) is 43.9. The molecule has 0 radical (unpaired) electrons. The lowest BCUT2D eigenvalue weighted by atomic mass is 9.85. The maximum Gasteiger partial charge on any atom is 0.217 e. The van der Waals surface area contributed by atoms with Crippen molar-refractivity contribution < 1.29 is 17.7 Å². The van der Waals surface area contributed by atoms with Crippen molar-refractivity contribution in [2.75, 3.05) is 0 Å². The number of hydrogen-bond acceptors (Lipinski definition) is 4. The third kappa shape index (κ3) is 9.51. The highest BCUT2D eigenvalue weighted by molar-refractivity contribution is 6.80. The molecule has 0 aliphatic carbocycles. The Hall–Kier alpha value is 0.924. The van der Waals surface area contributed by atoms with Crippen molar-refractivity contribution in [2.24, 2.45) is 0 Å². The number of rotatable bonds is 20. The topological polar surface area (TPSA) is 36.9 Å². The quantitative estimate of drug-likeness (QED) is 0.119. The van der Waals surface area contributed by atoms with Gasteiger partial charge in [-0.15, -0.1) is 0 Å². The van der Waals surface area contributed by atoms with Crippen LogP contribution >= 0.6 is 0 Å². The van der Waals surface area contributed by atoms with Crippen LogP contribution in [0.5, 0.6) is 0 Å². The second-order valence-corrected chi connectivity index (χ2v) is 40.8. The molecule has 0 rings (SSSR count). The first-order valence-corrected chi connectivity index (χ1v) is 33.1. The molecule has 0 aliphatic rings. The maximum absolute atomic E-state index is 7.72. The molecule has 0 saturated heterocycles. The van der Waals surface area contributed by atoms with Crippen LogP contribution in [0, 0.1) is 0 Å². The van der Waals surface area contributed by atoms with Crippen molar-refractivity contribution in [3.63, 3.8) is 0 Å². The highest BCUT2D eigenvalue weighted by atomic mass is 28.4. The van der Waals surface area contributed by atoms with Gasteiger partial charge in [-0.05, 0) is 112 Å². The molecule has 0 fully saturated rings. The van der Waals surface area contributed by atoms with Gasteiger partial charge in [-0.25, -0.2) is 0 Å². The van der Waals surface area contributed by atoms with E-state index in [9.17, 15) is 0 Å². The molecule has 0 amide bonds. The minimum absolute atomic E-state index is 0.00101. The van der Waals surface area contributed by atoms with Crippen LogP contribution in [0.15, 0.2) is 0 Å². The van der Waals surface area contributed by atoms with E-state index in [0.717, 1.165) is 38.1 Å². The lowest BCUT2D eigenvalue weighted by Gasteiger charge is -2.60. The molecule has 5 unspecified atom stereocenters. The Kier molecular flexibility index (Phi) is 15.3. The van der Waals surface area contributed by atoms with Crippen molar-refractivity contribution in [2.45, 2.75) is 219 Å². The van der Waals surface area contributed by atoms with Crippen LogP contribution in [0.3, 0.4) is 0 Å². The van der Waals surface area contributed by atoms with E-state index in [2.05, 4.69) is 148 Å². The van der Waals surface area contributed by atoms with E-state index < -0.39 is 41.3 Å². The lowest BCUT2D eigenvalue weighted by Crippen LogP contribution is -2.67. The molecule has 260 valence electrons. The van der Waals surface area contributed by atoms with Gasteiger partial charge in [0.15, 0.2) is 25.0 Å². The van der Waals surface area contributed by atoms with Crippen LogP contribution in [-0.4, -0.2) is 64.0 Å². The summed E-state index contributed by atoms with van der Waals surface area (Å²) in [6.07, 6.45) is 5.29. The second kappa shape index (κ2) is 15.0. The Morgan fingerprint density at radius 1 is 0.581 bits per heavy atom. The summed E-state index contributed by atoms with van der Waals surface area (Å²) in [4.78, 5) is 0. The standard InChI is InChI=1S/C34H80O4Si5/c1-23-28-43(22,35-29(6)31(8,24-2)41(18,19)36-30(7)39(12,13)14)33(10,26-4)32(9,25-3)37-42(20,21)34(11,27-5)38-40(15,16)17/h29-30H,23-28H2,1-22H3/t29?,30?,31-,32?,33-,34?,43?/m1/s1. The van der Waals surface area contributed by atoms with Gasteiger partial charge in [0.05, 0.1) is 18.9 Å². The van der Waals surface area contributed by atoms with Crippen LogP contribution in [0.2, 0.25) is 88.1 Å². The van der Waals surface area contributed by atoms with Gasteiger partial charge in [-0.2, -0.15) is 0 Å².